The van der Waals surface area contributed by atoms with Crippen molar-refractivity contribution in [1.29, 1.82) is 0 Å². The highest BCUT2D eigenvalue weighted by Crippen LogP contribution is 2.26. The molecule has 0 aliphatic carbocycles. The molecule has 3 aromatic rings. The highest BCUT2D eigenvalue weighted by Gasteiger charge is 2.27. The second-order valence-electron chi connectivity index (χ2n) is 9.10. The number of nitrogens with zero attached hydrogens (tertiary/aromatic N) is 5. The third-order valence-electron chi connectivity index (χ3n) is 6.76. The summed E-state index contributed by atoms with van der Waals surface area (Å²) < 4.78 is 18.0. The fourth-order valence-electron chi connectivity index (χ4n) is 4.67. The van der Waals surface area contributed by atoms with Gasteiger partial charge in [-0.25, -0.2) is 9.67 Å². The highest BCUT2D eigenvalue weighted by molar-refractivity contribution is 5.54. The third-order valence-corrected chi connectivity index (χ3v) is 6.76. The number of aromatic nitrogens is 3. The van der Waals surface area contributed by atoms with Gasteiger partial charge in [0.15, 0.2) is 5.82 Å². The number of morpholine rings is 2. The van der Waals surface area contributed by atoms with Gasteiger partial charge in [0.05, 0.1) is 40.2 Å². The average molecular weight is 492 g/mol. The normalized spacial score (nSPS) is 18.1. The average Bonchev–Trinajstić information content (AvgIpc) is 2.95. The van der Waals surface area contributed by atoms with Crippen molar-refractivity contribution in [3.63, 3.8) is 0 Å². The highest BCUT2D eigenvalue weighted by atomic mass is 16.5. The summed E-state index contributed by atoms with van der Waals surface area (Å²) in [7, 11) is 1.65. The first kappa shape index (κ1) is 24.6. The summed E-state index contributed by atoms with van der Waals surface area (Å²) in [6.07, 6.45) is 0. The fourth-order valence-corrected chi connectivity index (χ4v) is 4.67. The lowest BCUT2D eigenvalue weighted by Gasteiger charge is -2.31. The van der Waals surface area contributed by atoms with E-state index in [1.165, 1.54) is 0 Å². The van der Waals surface area contributed by atoms with Gasteiger partial charge in [-0.3, -0.25) is 14.6 Å². The Kier molecular flexibility index (Phi) is 8.02. The molecule has 0 radical (unpaired) electrons. The van der Waals surface area contributed by atoms with Crippen LogP contribution in [0.2, 0.25) is 0 Å². The van der Waals surface area contributed by atoms with Crippen LogP contribution in [0.25, 0.3) is 11.4 Å². The lowest BCUT2D eigenvalue weighted by molar-refractivity contribution is 0.0202. The summed E-state index contributed by atoms with van der Waals surface area (Å²) >= 11 is 0. The largest absolute Gasteiger partial charge is 0.497 e. The molecule has 0 amide bonds. The summed E-state index contributed by atoms with van der Waals surface area (Å²) in [5.74, 6) is 1.11. The lowest BCUT2D eigenvalue weighted by Crippen LogP contribution is -2.43. The first-order valence-corrected chi connectivity index (χ1v) is 12.5. The molecule has 9 nitrogen and oxygen atoms in total. The van der Waals surface area contributed by atoms with Crippen LogP contribution >= 0.6 is 0 Å². The van der Waals surface area contributed by atoms with E-state index in [1.807, 2.05) is 54.6 Å². The molecule has 0 spiro atoms. The summed E-state index contributed by atoms with van der Waals surface area (Å²) in [6, 6.07) is 17.8. The Bertz CT molecular complexity index is 1170. The molecule has 36 heavy (non-hydrogen) atoms. The second kappa shape index (κ2) is 11.7. The number of hydrogen-bond acceptors (Lipinski definition) is 8. The Morgan fingerprint density at radius 2 is 1.53 bits per heavy atom. The van der Waals surface area contributed by atoms with Crippen molar-refractivity contribution in [2.24, 2.45) is 0 Å². The molecule has 0 N–H and O–H groups in total. The van der Waals surface area contributed by atoms with Gasteiger partial charge in [0.1, 0.15) is 11.4 Å². The zero-order valence-corrected chi connectivity index (χ0v) is 20.7. The summed E-state index contributed by atoms with van der Waals surface area (Å²) in [5, 5.41) is 4.70. The molecule has 2 fully saturated rings. The van der Waals surface area contributed by atoms with Gasteiger partial charge in [-0.2, -0.15) is 0 Å². The minimum Gasteiger partial charge on any atom is -0.497 e. The van der Waals surface area contributed by atoms with E-state index in [0.29, 0.717) is 51.2 Å². The molecular formula is C27H33N5O4. The van der Waals surface area contributed by atoms with E-state index in [2.05, 4.69) is 9.80 Å². The molecule has 3 heterocycles. The number of benzene rings is 2. The SMILES string of the molecule is COc1ccc(C(CN2CCOCC2)c2nc(-c3ccccc3)nn(CN3CCOCC3)c2=O)cc1. The van der Waals surface area contributed by atoms with E-state index in [4.69, 9.17) is 24.3 Å². The minimum atomic E-state index is -0.220. The zero-order valence-electron chi connectivity index (χ0n) is 20.7. The molecule has 2 aliphatic rings. The Hall–Kier alpha value is -3.11. The van der Waals surface area contributed by atoms with E-state index < -0.39 is 0 Å². The molecule has 9 heteroatoms. The van der Waals surface area contributed by atoms with Gasteiger partial charge in [-0.05, 0) is 17.7 Å². The Morgan fingerprint density at radius 1 is 0.889 bits per heavy atom. The van der Waals surface area contributed by atoms with Gasteiger partial charge >= 0.3 is 0 Å². The van der Waals surface area contributed by atoms with E-state index in [0.717, 1.165) is 43.1 Å². The van der Waals surface area contributed by atoms with Gasteiger partial charge in [0, 0.05) is 44.2 Å². The van der Waals surface area contributed by atoms with Gasteiger partial charge < -0.3 is 14.2 Å². The second-order valence-corrected chi connectivity index (χ2v) is 9.10. The van der Waals surface area contributed by atoms with Crippen molar-refractivity contribution in [2.75, 3.05) is 66.3 Å². The van der Waals surface area contributed by atoms with Gasteiger partial charge in [0.25, 0.3) is 5.56 Å². The lowest BCUT2D eigenvalue weighted by atomic mass is 9.94. The maximum absolute atomic E-state index is 13.9. The van der Waals surface area contributed by atoms with Crippen LogP contribution in [-0.2, 0) is 16.1 Å². The number of methoxy groups -OCH3 is 1. The van der Waals surface area contributed by atoms with Crippen molar-refractivity contribution >= 4 is 0 Å². The van der Waals surface area contributed by atoms with Crippen LogP contribution in [0.1, 0.15) is 17.2 Å². The van der Waals surface area contributed by atoms with E-state index in [1.54, 1.807) is 11.8 Å². The molecule has 2 saturated heterocycles. The van der Waals surface area contributed by atoms with Crippen LogP contribution in [0.3, 0.4) is 0 Å². The predicted octanol–water partition coefficient (Wildman–Crippen LogP) is 2.07. The molecule has 5 rings (SSSR count). The maximum atomic E-state index is 13.9. The quantitative estimate of drug-likeness (QED) is 0.474. The Morgan fingerprint density at radius 3 is 2.17 bits per heavy atom. The zero-order chi connectivity index (χ0) is 24.7. The third kappa shape index (κ3) is 5.82. The van der Waals surface area contributed by atoms with Crippen LogP contribution in [0.15, 0.2) is 59.4 Å². The van der Waals surface area contributed by atoms with Crippen molar-refractivity contribution in [3.05, 3.63) is 76.2 Å². The minimum absolute atomic E-state index is 0.157. The van der Waals surface area contributed by atoms with E-state index >= 15 is 0 Å². The van der Waals surface area contributed by atoms with Crippen molar-refractivity contribution in [3.8, 4) is 17.1 Å². The van der Waals surface area contributed by atoms with Crippen molar-refractivity contribution in [2.45, 2.75) is 12.6 Å². The molecule has 1 atom stereocenters. The topological polar surface area (TPSA) is 82.0 Å². The monoisotopic (exact) mass is 491 g/mol. The van der Waals surface area contributed by atoms with Gasteiger partial charge in [0.2, 0.25) is 0 Å². The molecule has 0 saturated carbocycles. The van der Waals surface area contributed by atoms with Gasteiger partial charge in [-0.15, -0.1) is 5.10 Å². The standard InChI is InChI=1S/C27H33N5O4/c1-34-23-9-7-21(8-10-23)24(19-30-11-15-35-16-12-30)25-27(33)32(20-31-13-17-36-18-14-31)29-26(28-25)22-5-3-2-4-6-22/h2-10,24H,11-20H2,1H3. The van der Waals surface area contributed by atoms with Gasteiger partial charge in [-0.1, -0.05) is 42.5 Å². The smallest absolute Gasteiger partial charge is 0.290 e. The van der Waals surface area contributed by atoms with Crippen LogP contribution < -0.4 is 10.3 Å². The molecule has 0 bridgehead atoms. The number of hydrogen-bond donors (Lipinski definition) is 0. The first-order valence-electron chi connectivity index (χ1n) is 12.5. The van der Waals surface area contributed by atoms with Crippen LogP contribution in [0.5, 0.6) is 5.75 Å². The van der Waals surface area contributed by atoms with Crippen LogP contribution in [0.4, 0.5) is 0 Å². The number of ether oxygens (including phenoxy) is 3. The molecule has 190 valence electrons. The number of rotatable bonds is 8. The fraction of sp³-hybridized carbons (Fsp3) is 0.444. The summed E-state index contributed by atoms with van der Waals surface area (Å²) in [4.78, 5) is 23.4. The van der Waals surface area contributed by atoms with Crippen molar-refractivity contribution < 1.29 is 14.2 Å². The van der Waals surface area contributed by atoms with Crippen LogP contribution in [0, 0.1) is 0 Å². The van der Waals surface area contributed by atoms with Crippen LogP contribution in [-0.4, -0.2) is 90.8 Å². The van der Waals surface area contributed by atoms with E-state index in [-0.39, 0.29) is 11.5 Å². The Balaban J connectivity index is 1.59. The predicted molar refractivity (Wildman–Crippen MR) is 136 cm³/mol. The molecule has 2 aliphatic heterocycles. The maximum Gasteiger partial charge on any atom is 0.290 e. The molecule has 1 unspecified atom stereocenters. The first-order chi connectivity index (χ1) is 17.7. The van der Waals surface area contributed by atoms with Crippen molar-refractivity contribution in [1.82, 2.24) is 24.6 Å². The van der Waals surface area contributed by atoms with E-state index in [9.17, 15) is 4.79 Å². The molecular weight excluding hydrogens is 458 g/mol. The Labute approximate surface area is 211 Å². The molecule has 1 aromatic heterocycles. The summed E-state index contributed by atoms with van der Waals surface area (Å²) in [5.41, 5.74) is 2.26. The summed E-state index contributed by atoms with van der Waals surface area (Å²) in [6.45, 7) is 6.96. The molecule has 2 aromatic carbocycles.